The van der Waals surface area contributed by atoms with Gasteiger partial charge in [0.1, 0.15) is 0 Å². The fourth-order valence-corrected chi connectivity index (χ4v) is 3.70. The lowest BCUT2D eigenvalue weighted by atomic mass is 10.1. The third-order valence-electron chi connectivity index (χ3n) is 3.02. The molecule has 0 N–H and O–H groups in total. The standard InChI is InChI=1S/C14H17BrN2S/c1-10-6-4-5-7-12(10)8-18-9-13-14(15)11(2)16-17(13)3/h4-7H,8-9H2,1-3H3. The van der Waals surface area contributed by atoms with Gasteiger partial charge in [0.15, 0.2) is 0 Å². The van der Waals surface area contributed by atoms with Gasteiger partial charge in [-0.2, -0.15) is 16.9 Å². The maximum absolute atomic E-state index is 4.41. The molecule has 0 fully saturated rings. The fourth-order valence-electron chi connectivity index (χ4n) is 1.87. The van der Waals surface area contributed by atoms with Crippen LogP contribution in [-0.4, -0.2) is 9.78 Å². The van der Waals surface area contributed by atoms with E-state index in [1.807, 2.05) is 30.4 Å². The Labute approximate surface area is 121 Å². The molecule has 18 heavy (non-hydrogen) atoms. The molecule has 4 heteroatoms. The molecule has 1 aromatic carbocycles. The lowest BCUT2D eigenvalue weighted by molar-refractivity contribution is 0.727. The predicted molar refractivity (Wildman–Crippen MR) is 81.8 cm³/mol. The van der Waals surface area contributed by atoms with Crippen LogP contribution in [0.25, 0.3) is 0 Å². The predicted octanol–water partition coefficient (Wildman–Crippen LogP) is 4.23. The normalized spacial score (nSPS) is 10.9. The van der Waals surface area contributed by atoms with Crippen molar-refractivity contribution >= 4 is 27.7 Å². The van der Waals surface area contributed by atoms with Gasteiger partial charge in [0.25, 0.3) is 0 Å². The summed E-state index contributed by atoms with van der Waals surface area (Å²) in [4.78, 5) is 0. The second-order valence-electron chi connectivity index (χ2n) is 4.39. The SMILES string of the molecule is Cc1ccccc1CSCc1c(Br)c(C)nn1C. The molecule has 0 spiro atoms. The largest absolute Gasteiger partial charge is 0.270 e. The van der Waals surface area contributed by atoms with Gasteiger partial charge >= 0.3 is 0 Å². The van der Waals surface area contributed by atoms with Crippen LogP contribution in [0.2, 0.25) is 0 Å². The van der Waals surface area contributed by atoms with Crippen LogP contribution in [0.3, 0.4) is 0 Å². The average Bonchev–Trinajstić information content (AvgIpc) is 2.58. The molecule has 0 saturated heterocycles. The lowest BCUT2D eigenvalue weighted by Gasteiger charge is -2.06. The molecule has 0 radical (unpaired) electrons. The third-order valence-corrected chi connectivity index (χ3v) is 5.04. The summed E-state index contributed by atoms with van der Waals surface area (Å²) in [7, 11) is 2.00. The van der Waals surface area contributed by atoms with Gasteiger partial charge in [0.2, 0.25) is 0 Å². The van der Waals surface area contributed by atoms with Crippen molar-refractivity contribution in [2.24, 2.45) is 7.05 Å². The van der Waals surface area contributed by atoms with Crippen molar-refractivity contribution in [3.05, 3.63) is 51.3 Å². The van der Waals surface area contributed by atoms with Crippen LogP contribution in [-0.2, 0) is 18.6 Å². The summed E-state index contributed by atoms with van der Waals surface area (Å²) in [5.41, 5.74) is 5.10. The topological polar surface area (TPSA) is 17.8 Å². The van der Waals surface area contributed by atoms with Crippen molar-refractivity contribution in [2.45, 2.75) is 25.4 Å². The van der Waals surface area contributed by atoms with E-state index in [9.17, 15) is 0 Å². The number of halogens is 1. The van der Waals surface area contributed by atoms with Gasteiger partial charge < -0.3 is 0 Å². The van der Waals surface area contributed by atoms with Crippen LogP contribution in [0.4, 0.5) is 0 Å². The first kappa shape index (κ1) is 13.7. The Bertz CT molecular complexity index is 549. The Morgan fingerprint density at radius 2 is 1.94 bits per heavy atom. The number of hydrogen-bond acceptors (Lipinski definition) is 2. The quantitative estimate of drug-likeness (QED) is 0.837. The first-order valence-electron chi connectivity index (χ1n) is 5.90. The fraction of sp³-hybridized carbons (Fsp3) is 0.357. The highest BCUT2D eigenvalue weighted by Gasteiger charge is 2.10. The van der Waals surface area contributed by atoms with Crippen LogP contribution >= 0.6 is 27.7 Å². The first-order valence-corrected chi connectivity index (χ1v) is 7.84. The number of rotatable bonds is 4. The first-order chi connectivity index (χ1) is 8.59. The minimum atomic E-state index is 0.978. The molecule has 0 amide bonds. The number of benzene rings is 1. The van der Waals surface area contributed by atoms with Gasteiger partial charge in [-0.1, -0.05) is 24.3 Å². The molecule has 0 saturated carbocycles. The molecule has 0 aliphatic rings. The molecule has 2 rings (SSSR count). The van der Waals surface area contributed by atoms with E-state index in [1.54, 1.807) is 0 Å². The second-order valence-corrected chi connectivity index (χ2v) is 6.17. The molecule has 0 unspecified atom stereocenters. The zero-order chi connectivity index (χ0) is 13.1. The lowest BCUT2D eigenvalue weighted by Crippen LogP contribution is -1.97. The van der Waals surface area contributed by atoms with E-state index in [1.165, 1.54) is 16.8 Å². The van der Waals surface area contributed by atoms with Crippen molar-refractivity contribution in [2.75, 3.05) is 0 Å². The second kappa shape index (κ2) is 5.93. The Morgan fingerprint density at radius 3 is 2.56 bits per heavy atom. The van der Waals surface area contributed by atoms with Gasteiger partial charge in [0, 0.05) is 18.6 Å². The van der Waals surface area contributed by atoms with E-state index in [-0.39, 0.29) is 0 Å². The van der Waals surface area contributed by atoms with Crippen molar-refractivity contribution in [1.29, 1.82) is 0 Å². The van der Waals surface area contributed by atoms with Gasteiger partial charge in [-0.3, -0.25) is 4.68 Å². The average molecular weight is 325 g/mol. The van der Waals surface area contributed by atoms with Crippen molar-refractivity contribution in [1.82, 2.24) is 9.78 Å². The van der Waals surface area contributed by atoms with E-state index >= 15 is 0 Å². The minimum absolute atomic E-state index is 0.978. The third kappa shape index (κ3) is 2.98. The molecule has 1 aromatic heterocycles. The Balaban J connectivity index is 1.99. The molecule has 2 nitrogen and oxygen atoms in total. The molecule has 0 aliphatic heterocycles. The smallest absolute Gasteiger partial charge is 0.0738 e. The Kier molecular flexibility index (Phi) is 4.51. The van der Waals surface area contributed by atoms with E-state index in [4.69, 9.17) is 0 Å². The molecule has 0 bridgehead atoms. The highest BCUT2D eigenvalue weighted by Crippen LogP contribution is 2.26. The summed E-state index contributed by atoms with van der Waals surface area (Å²) in [6, 6.07) is 8.56. The van der Waals surface area contributed by atoms with Gasteiger partial charge in [-0.25, -0.2) is 0 Å². The summed E-state index contributed by atoms with van der Waals surface area (Å²) in [5, 5.41) is 4.41. The number of hydrogen-bond donors (Lipinski definition) is 0. The molecular weight excluding hydrogens is 308 g/mol. The Morgan fingerprint density at radius 1 is 1.22 bits per heavy atom. The van der Waals surface area contributed by atoms with Crippen LogP contribution in [0.1, 0.15) is 22.5 Å². The van der Waals surface area contributed by atoms with E-state index < -0.39 is 0 Å². The molecule has 1 heterocycles. The van der Waals surface area contributed by atoms with Crippen LogP contribution < -0.4 is 0 Å². The van der Waals surface area contributed by atoms with E-state index in [2.05, 4.69) is 52.2 Å². The Hall–Kier alpha value is -0.740. The monoisotopic (exact) mass is 324 g/mol. The molecule has 0 atom stereocenters. The van der Waals surface area contributed by atoms with Crippen molar-refractivity contribution in [3.63, 3.8) is 0 Å². The number of aromatic nitrogens is 2. The summed E-state index contributed by atoms with van der Waals surface area (Å²) in [5.74, 6) is 2.02. The molecular formula is C14H17BrN2S. The zero-order valence-electron chi connectivity index (χ0n) is 10.9. The number of nitrogens with zero attached hydrogens (tertiary/aromatic N) is 2. The summed E-state index contributed by atoms with van der Waals surface area (Å²) >= 11 is 5.53. The van der Waals surface area contributed by atoms with E-state index in [0.29, 0.717) is 0 Å². The van der Waals surface area contributed by atoms with Crippen molar-refractivity contribution in [3.8, 4) is 0 Å². The highest BCUT2D eigenvalue weighted by molar-refractivity contribution is 9.10. The zero-order valence-corrected chi connectivity index (χ0v) is 13.3. The summed E-state index contributed by atoms with van der Waals surface area (Å²) in [6.45, 7) is 4.19. The van der Waals surface area contributed by atoms with E-state index in [0.717, 1.165) is 21.7 Å². The summed E-state index contributed by atoms with van der Waals surface area (Å²) in [6.07, 6.45) is 0. The maximum atomic E-state index is 4.41. The minimum Gasteiger partial charge on any atom is -0.270 e. The number of thioether (sulfide) groups is 1. The molecule has 96 valence electrons. The number of aryl methyl sites for hydroxylation is 3. The van der Waals surface area contributed by atoms with Crippen LogP contribution in [0.5, 0.6) is 0 Å². The van der Waals surface area contributed by atoms with Gasteiger partial charge in [-0.05, 0) is 40.9 Å². The molecule has 0 aliphatic carbocycles. The maximum Gasteiger partial charge on any atom is 0.0738 e. The highest BCUT2D eigenvalue weighted by atomic mass is 79.9. The van der Waals surface area contributed by atoms with Crippen LogP contribution in [0.15, 0.2) is 28.7 Å². The van der Waals surface area contributed by atoms with Crippen molar-refractivity contribution < 1.29 is 0 Å². The van der Waals surface area contributed by atoms with Gasteiger partial charge in [-0.15, -0.1) is 0 Å². The van der Waals surface area contributed by atoms with Gasteiger partial charge in [0.05, 0.1) is 15.9 Å². The van der Waals surface area contributed by atoms with Crippen LogP contribution in [0, 0.1) is 13.8 Å². The summed E-state index contributed by atoms with van der Waals surface area (Å²) < 4.78 is 3.10. The molecule has 2 aromatic rings.